The minimum absolute atomic E-state index is 0.0628. The molecule has 4 rings (SSSR count). The highest BCUT2D eigenvalue weighted by Crippen LogP contribution is 2.35. The van der Waals surface area contributed by atoms with E-state index >= 15 is 0 Å². The largest absolute Gasteiger partial charge is 0.494 e. The molecule has 0 amide bonds. The third-order valence-corrected chi connectivity index (χ3v) is 5.65. The van der Waals surface area contributed by atoms with Crippen molar-refractivity contribution in [3.63, 3.8) is 0 Å². The highest BCUT2D eigenvalue weighted by molar-refractivity contribution is 7.99. The van der Waals surface area contributed by atoms with Crippen molar-refractivity contribution in [3.05, 3.63) is 60.0 Å². The van der Waals surface area contributed by atoms with E-state index in [9.17, 15) is 13.2 Å². The lowest BCUT2D eigenvalue weighted by Crippen LogP contribution is -2.12. The molecule has 33 heavy (non-hydrogen) atoms. The average Bonchev–Trinajstić information content (AvgIpc) is 3.42. The van der Waals surface area contributed by atoms with E-state index in [0.29, 0.717) is 17.6 Å². The van der Waals surface area contributed by atoms with Crippen molar-refractivity contribution < 1.29 is 22.4 Å². The van der Waals surface area contributed by atoms with E-state index in [4.69, 9.17) is 15.1 Å². The number of hydrogen-bond acceptors (Lipinski definition) is 8. The maximum Gasteiger partial charge on any atom is 0.416 e. The van der Waals surface area contributed by atoms with Crippen molar-refractivity contribution in [2.45, 2.75) is 30.4 Å². The Labute approximate surface area is 190 Å². The number of thioether (sulfide) groups is 1. The summed E-state index contributed by atoms with van der Waals surface area (Å²) in [4.78, 5) is 4.24. The van der Waals surface area contributed by atoms with Crippen molar-refractivity contribution in [2.75, 3.05) is 12.4 Å². The summed E-state index contributed by atoms with van der Waals surface area (Å²) in [5.74, 6) is 7.66. The molecule has 2 N–H and O–H groups in total. The van der Waals surface area contributed by atoms with Crippen molar-refractivity contribution in [3.8, 4) is 28.5 Å². The Morgan fingerprint density at radius 3 is 2.58 bits per heavy atom. The molecule has 0 bridgehead atoms. The predicted molar refractivity (Wildman–Crippen MR) is 116 cm³/mol. The Hall–Kier alpha value is -3.54. The van der Waals surface area contributed by atoms with Crippen LogP contribution in [0.4, 0.5) is 13.2 Å². The van der Waals surface area contributed by atoms with E-state index in [-0.39, 0.29) is 22.5 Å². The van der Waals surface area contributed by atoms with Gasteiger partial charge in [-0.3, -0.25) is 0 Å². The van der Waals surface area contributed by atoms with Crippen LogP contribution in [0.1, 0.15) is 30.6 Å². The van der Waals surface area contributed by atoms with Gasteiger partial charge in [0, 0.05) is 11.1 Å². The summed E-state index contributed by atoms with van der Waals surface area (Å²) in [6, 6.07) is 12.0. The molecule has 2 aromatic carbocycles. The first-order valence-corrected chi connectivity index (χ1v) is 10.8. The summed E-state index contributed by atoms with van der Waals surface area (Å²) in [7, 11) is 0. The van der Waals surface area contributed by atoms with E-state index in [1.165, 1.54) is 28.6 Å². The van der Waals surface area contributed by atoms with Gasteiger partial charge in [0.1, 0.15) is 5.75 Å². The fraction of sp³-hybridized carbons (Fsp3) is 0.238. The van der Waals surface area contributed by atoms with Crippen LogP contribution in [0.15, 0.2) is 58.2 Å². The van der Waals surface area contributed by atoms with Gasteiger partial charge in [0.2, 0.25) is 16.9 Å². The summed E-state index contributed by atoms with van der Waals surface area (Å²) < 4.78 is 51.0. The van der Waals surface area contributed by atoms with E-state index in [1.54, 1.807) is 6.92 Å². The smallest absolute Gasteiger partial charge is 0.416 e. The minimum Gasteiger partial charge on any atom is -0.494 e. The van der Waals surface area contributed by atoms with Gasteiger partial charge in [-0.25, -0.2) is 4.68 Å². The monoisotopic (exact) mass is 476 g/mol. The summed E-state index contributed by atoms with van der Waals surface area (Å²) in [5, 5.41) is 12.1. The Morgan fingerprint density at radius 2 is 1.88 bits per heavy atom. The van der Waals surface area contributed by atoms with Gasteiger partial charge < -0.3 is 15.1 Å². The second kappa shape index (κ2) is 9.14. The van der Waals surface area contributed by atoms with Gasteiger partial charge in [-0.15, -0.1) is 10.2 Å². The van der Waals surface area contributed by atoms with Crippen LogP contribution in [0.2, 0.25) is 0 Å². The molecule has 1 unspecified atom stereocenters. The fourth-order valence-corrected chi connectivity index (χ4v) is 3.78. The normalized spacial score (nSPS) is 12.6. The van der Waals surface area contributed by atoms with E-state index in [2.05, 4.69) is 20.3 Å². The summed E-state index contributed by atoms with van der Waals surface area (Å²) in [6.07, 6.45) is -4.46. The molecule has 2 heterocycles. The molecule has 1 atom stereocenters. The van der Waals surface area contributed by atoms with Crippen molar-refractivity contribution >= 4 is 11.8 Å². The molecule has 8 nitrogen and oxygen atoms in total. The van der Waals surface area contributed by atoms with Crippen molar-refractivity contribution in [2.24, 2.45) is 0 Å². The second-order valence-electron chi connectivity index (χ2n) is 6.93. The minimum atomic E-state index is -4.46. The lowest BCUT2D eigenvalue weighted by molar-refractivity contribution is -0.137. The Bertz CT molecular complexity index is 1240. The molecule has 0 saturated carbocycles. The maximum absolute atomic E-state index is 13.0. The third kappa shape index (κ3) is 4.95. The van der Waals surface area contributed by atoms with Gasteiger partial charge in [0.15, 0.2) is 5.82 Å². The molecule has 0 aliphatic heterocycles. The standard InChI is InChI=1S/C21H19F3N6O2S/c1-3-31-16-9-7-13(8-10-16)18-27-28-20(30(18)25)33-12(2)19-26-17(29-32-19)14-5-4-6-15(11-14)21(22,23)24/h4-12H,3,25H2,1-2H3. The van der Waals surface area contributed by atoms with Gasteiger partial charge in [0.05, 0.1) is 17.4 Å². The summed E-state index contributed by atoms with van der Waals surface area (Å²) in [5.41, 5.74) is 0.182. The number of ether oxygens (including phenoxy) is 1. The molecule has 2 aromatic heterocycles. The van der Waals surface area contributed by atoms with E-state index in [0.717, 1.165) is 23.4 Å². The van der Waals surface area contributed by atoms with E-state index < -0.39 is 11.7 Å². The summed E-state index contributed by atoms with van der Waals surface area (Å²) >= 11 is 1.23. The molecule has 0 radical (unpaired) electrons. The molecule has 0 spiro atoms. The van der Waals surface area contributed by atoms with Gasteiger partial charge in [-0.1, -0.05) is 29.1 Å². The molecule has 0 aliphatic carbocycles. The first-order chi connectivity index (χ1) is 15.8. The molecule has 172 valence electrons. The zero-order valence-corrected chi connectivity index (χ0v) is 18.4. The van der Waals surface area contributed by atoms with Crippen LogP contribution < -0.4 is 10.6 Å². The zero-order chi connectivity index (χ0) is 23.6. The van der Waals surface area contributed by atoms with Crippen LogP contribution in [0.5, 0.6) is 5.75 Å². The maximum atomic E-state index is 13.0. The van der Waals surface area contributed by atoms with Crippen molar-refractivity contribution in [1.82, 2.24) is 25.0 Å². The zero-order valence-electron chi connectivity index (χ0n) is 17.6. The number of nitrogens with zero attached hydrogens (tertiary/aromatic N) is 5. The highest BCUT2D eigenvalue weighted by Gasteiger charge is 2.31. The topological polar surface area (TPSA) is 105 Å². The predicted octanol–water partition coefficient (Wildman–Crippen LogP) is 4.98. The molecular weight excluding hydrogens is 457 g/mol. The number of nitrogens with two attached hydrogens (primary N) is 1. The third-order valence-electron chi connectivity index (χ3n) is 4.61. The first-order valence-electron chi connectivity index (χ1n) is 9.88. The van der Waals surface area contributed by atoms with Crippen LogP contribution in [-0.2, 0) is 6.18 Å². The van der Waals surface area contributed by atoms with E-state index in [1.807, 2.05) is 31.2 Å². The Balaban J connectivity index is 1.50. The Kier molecular flexibility index (Phi) is 6.27. The lowest BCUT2D eigenvalue weighted by Gasteiger charge is -2.07. The van der Waals surface area contributed by atoms with Gasteiger partial charge in [-0.2, -0.15) is 18.2 Å². The lowest BCUT2D eigenvalue weighted by atomic mass is 10.1. The molecule has 0 saturated heterocycles. The van der Waals surface area contributed by atoms with Crippen molar-refractivity contribution in [1.29, 1.82) is 0 Å². The molecule has 0 aliphatic rings. The number of aromatic nitrogens is 5. The quantitative estimate of drug-likeness (QED) is 0.294. The number of halogens is 3. The SMILES string of the molecule is CCOc1ccc(-c2nnc(SC(C)c3nc(-c4cccc(C(F)(F)F)c4)no3)n2N)cc1. The van der Waals surface area contributed by atoms with Gasteiger partial charge in [0.25, 0.3) is 0 Å². The van der Waals surface area contributed by atoms with Crippen LogP contribution >= 0.6 is 11.8 Å². The fourth-order valence-electron chi connectivity index (χ4n) is 2.98. The molecule has 12 heteroatoms. The van der Waals surface area contributed by atoms with Gasteiger partial charge in [-0.05, 0) is 50.2 Å². The molecule has 0 fully saturated rings. The number of benzene rings is 2. The summed E-state index contributed by atoms with van der Waals surface area (Å²) in [6.45, 7) is 4.26. The van der Waals surface area contributed by atoms with Crippen LogP contribution in [0, 0.1) is 0 Å². The first kappa shape index (κ1) is 22.6. The molecular formula is C21H19F3N6O2S. The Morgan fingerprint density at radius 1 is 1.12 bits per heavy atom. The van der Waals surface area contributed by atoms with Crippen LogP contribution in [0.25, 0.3) is 22.8 Å². The van der Waals surface area contributed by atoms with Gasteiger partial charge >= 0.3 is 6.18 Å². The number of rotatable bonds is 7. The number of alkyl halides is 3. The second-order valence-corrected chi connectivity index (χ2v) is 8.24. The number of nitrogen functional groups attached to an aromatic ring is 1. The average molecular weight is 476 g/mol. The van der Waals surface area contributed by atoms with Crippen LogP contribution in [-0.4, -0.2) is 31.6 Å². The molecule has 4 aromatic rings. The highest BCUT2D eigenvalue weighted by atomic mass is 32.2. The van der Waals surface area contributed by atoms with Crippen LogP contribution in [0.3, 0.4) is 0 Å². The number of hydrogen-bond donors (Lipinski definition) is 1.